The summed E-state index contributed by atoms with van der Waals surface area (Å²) in [5.74, 6) is -0.918. The number of hydrogen-bond donors (Lipinski definition) is 1. The van der Waals surface area contributed by atoms with E-state index in [1.54, 1.807) is 13.0 Å². The smallest absolute Gasteiger partial charge is 0.341 e. The number of nitrogens with one attached hydrogen (secondary N) is 1. The zero-order chi connectivity index (χ0) is 19.1. The molecular weight excluding hydrogens is 354 g/mol. The van der Waals surface area contributed by atoms with Gasteiger partial charge in [-0.05, 0) is 37.7 Å². The van der Waals surface area contributed by atoms with Crippen LogP contribution in [0.2, 0.25) is 0 Å². The van der Waals surface area contributed by atoms with E-state index in [1.807, 2.05) is 26.0 Å². The summed E-state index contributed by atoms with van der Waals surface area (Å²) in [6.07, 6.45) is 6.26. The van der Waals surface area contributed by atoms with Gasteiger partial charge in [-0.15, -0.1) is 11.3 Å². The van der Waals surface area contributed by atoms with Crippen molar-refractivity contribution in [1.29, 1.82) is 0 Å². The summed E-state index contributed by atoms with van der Waals surface area (Å²) in [6.45, 7) is 5.63. The minimum Gasteiger partial charge on any atom is -0.462 e. The van der Waals surface area contributed by atoms with Crippen LogP contribution in [0.3, 0.4) is 0 Å². The number of rotatable bonds is 8. The van der Waals surface area contributed by atoms with Gasteiger partial charge in [-0.2, -0.15) is 0 Å². The zero-order valence-corrected chi connectivity index (χ0v) is 16.2. The number of carbonyl (C=O) groups is 3. The Kier molecular flexibility index (Phi) is 7.38. The molecule has 0 bridgehead atoms. The molecule has 1 aromatic heterocycles. The molecule has 1 N–H and O–H groups in total. The van der Waals surface area contributed by atoms with Crippen molar-refractivity contribution in [3.63, 3.8) is 0 Å². The van der Waals surface area contributed by atoms with E-state index in [4.69, 9.17) is 9.47 Å². The maximum atomic E-state index is 12.1. The second-order valence-corrected chi connectivity index (χ2v) is 7.53. The molecule has 1 heterocycles. The fourth-order valence-electron chi connectivity index (χ4n) is 2.59. The average molecular weight is 379 g/mol. The molecule has 6 nitrogen and oxygen atoms in total. The van der Waals surface area contributed by atoms with E-state index in [0.29, 0.717) is 10.6 Å². The first-order chi connectivity index (χ1) is 12.4. The Bertz CT molecular complexity index is 692. The molecule has 0 saturated carbocycles. The molecule has 1 aliphatic carbocycles. The Labute approximate surface area is 157 Å². The topological polar surface area (TPSA) is 81.7 Å². The van der Waals surface area contributed by atoms with E-state index in [0.717, 1.165) is 17.7 Å². The van der Waals surface area contributed by atoms with Crippen molar-refractivity contribution in [2.75, 3.05) is 18.5 Å². The van der Waals surface area contributed by atoms with Gasteiger partial charge in [0.2, 0.25) is 0 Å². The molecular formula is C19H25NO5S. The van der Waals surface area contributed by atoms with Crippen LogP contribution in [-0.4, -0.2) is 31.1 Å². The molecule has 7 heteroatoms. The first-order valence-corrected chi connectivity index (χ1v) is 9.65. The van der Waals surface area contributed by atoms with Crippen molar-refractivity contribution < 1.29 is 23.9 Å². The highest BCUT2D eigenvalue weighted by molar-refractivity contribution is 7.16. The molecule has 26 heavy (non-hydrogen) atoms. The van der Waals surface area contributed by atoms with Crippen LogP contribution in [0.1, 0.15) is 61.2 Å². The van der Waals surface area contributed by atoms with Crippen molar-refractivity contribution >= 4 is 34.2 Å². The first-order valence-electron chi connectivity index (χ1n) is 8.83. The van der Waals surface area contributed by atoms with Crippen molar-refractivity contribution in [1.82, 2.24) is 0 Å². The Morgan fingerprint density at radius 1 is 1.31 bits per heavy atom. The number of carbonyl (C=O) groups excluding carboxylic acids is 3. The van der Waals surface area contributed by atoms with Crippen LogP contribution in [0.4, 0.5) is 5.00 Å². The van der Waals surface area contributed by atoms with Gasteiger partial charge in [-0.25, -0.2) is 4.79 Å². The van der Waals surface area contributed by atoms with E-state index in [9.17, 15) is 14.4 Å². The predicted molar refractivity (Wildman–Crippen MR) is 100 cm³/mol. The van der Waals surface area contributed by atoms with Crippen molar-refractivity contribution in [3.8, 4) is 0 Å². The predicted octanol–water partition coefficient (Wildman–Crippen LogP) is 3.89. The van der Waals surface area contributed by atoms with Gasteiger partial charge in [-0.1, -0.05) is 26.0 Å². The largest absolute Gasteiger partial charge is 0.462 e. The summed E-state index contributed by atoms with van der Waals surface area (Å²) in [5.41, 5.74) is 0.330. The first kappa shape index (κ1) is 20.2. The highest BCUT2D eigenvalue weighted by Crippen LogP contribution is 2.33. The minimum atomic E-state index is -0.476. The lowest BCUT2D eigenvalue weighted by Crippen LogP contribution is -2.22. The van der Waals surface area contributed by atoms with Gasteiger partial charge in [0.1, 0.15) is 5.00 Å². The third kappa shape index (κ3) is 5.69. The number of esters is 2. The van der Waals surface area contributed by atoms with Gasteiger partial charge in [0.25, 0.3) is 5.91 Å². The van der Waals surface area contributed by atoms with Gasteiger partial charge in [0, 0.05) is 4.88 Å². The molecule has 1 aliphatic rings. The van der Waals surface area contributed by atoms with E-state index in [1.165, 1.54) is 11.3 Å². The SMILES string of the molecule is CCOC(=O)c1cc(C(C)C)sc1NC(=O)COC(=O)C[C@H]1C=CCC1. The molecule has 1 aromatic rings. The molecule has 0 aliphatic heterocycles. The Morgan fingerprint density at radius 2 is 2.08 bits per heavy atom. The summed E-state index contributed by atoms with van der Waals surface area (Å²) < 4.78 is 10.1. The number of allylic oxidation sites excluding steroid dienone is 2. The van der Waals surface area contributed by atoms with E-state index >= 15 is 0 Å². The monoisotopic (exact) mass is 379 g/mol. The Morgan fingerprint density at radius 3 is 2.69 bits per heavy atom. The number of ether oxygens (including phenoxy) is 2. The molecule has 1 atom stereocenters. The van der Waals surface area contributed by atoms with Crippen LogP contribution >= 0.6 is 11.3 Å². The van der Waals surface area contributed by atoms with Crippen LogP contribution in [0.5, 0.6) is 0 Å². The number of anilines is 1. The van der Waals surface area contributed by atoms with Crippen molar-refractivity contribution in [2.45, 2.75) is 46.0 Å². The number of thiophene rings is 1. The van der Waals surface area contributed by atoms with Crippen LogP contribution in [0.15, 0.2) is 18.2 Å². The average Bonchev–Trinajstić information content (AvgIpc) is 3.23. The molecule has 0 unspecified atom stereocenters. The maximum Gasteiger partial charge on any atom is 0.341 e. The van der Waals surface area contributed by atoms with Crippen LogP contribution in [0, 0.1) is 5.92 Å². The summed E-state index contributed by atoms with van der Waals surface area (Å²) in [7, 11) is 0. The normalized spacial score (nSPS) is 15.9. The minimum absolute atomic E-state index is 0.201. The molecule has 0 fully saturated rings. The number of amides is 1. The van der Waals surface area contributed by atoms with E-state index in [2.05, 4.69) is 5.32 Å². The highest BCUT2D eigenvalue weighted by Gasteiger charge is 2.21. The van der Waals surface area contributed by atoms with Gasteiger partial charge >= 0.3 is 11.9 Å². The standard InChI is InChI=1S/C19H25NO5S/c1-4-24-19(23)14-10-15(12(2)3)26-18(14)20-16(21)11-25-17(22)9-13-7-5-6-8-13/h5,7,10,12-13H,4,6,8-9,11H2,1-3H3,(H,20,21)/t13-/m0/s1. The van der Waals surface area contributed by atoms with Gasteiger partial charge in [0.15, 0.2) is 6.61 Å². The summed E-state index contributed by atoms with van der Waals surface area (Å²) in [5, 5.41) is 3.08. The van der Waals surface area contributed by atoms with E-state index < -0.39 is 17.8 Å². The quantitative estimate of drug-likeness (QED) is 0.547. The van der Waals surface area contributed by atoms with Crippen molar-refractivity contribution in [3.05, 3.63) is 28.7 Å². The molecule has 1 amide bonds. The lowest BCUT2D eigenvalue weighted by Gasteiger charge is -2.09. The Hall–Kier alpha value is -2.15. The van der Waals surface area contributed by atoms with Gasteiger partial charge < -0.3 is 14.8 Å². The molecule has 142 valence electrons. The third-order valence-corrected chi connectivity index (χ3v) is 5.33. The summed E-state index contributed by atoms with van der Waals surface area (Å²) in [6, 6.07) is 1.74. The summed E-state index contributed by atoms with van der Waals surface area (Å²) >= 11 is 1.33. The lowest BCUT2D eigenvalue weighted by atomic mass is 10.1. The molecule has 0 saturated heterocycles. The third-order valence-electron chi connectivity index (χ3n) is 3.97. The second kappa shape index (κ2) is 9.52. The lowest BCUT2D eigenvalue weighted by molar-refractivity contribution is -0.147. The van der Waals surface area contributed by atoms with Crippen LogP contribution in [-0.2, 0) is 19.1 Å². The maximum absolute atomic E-state index is 12.1. The second-order valence-electron chi connectivity index (χ2n) is 6.45. The van der Waals surface area contributed by atoms with Crippen LogP contribution < -0.4 is 5.32 Å². The zero-order valence-electron chi connectivity index (χ0n) is 15.4. The molecule has 0 radical (unpaired) electrons. The highest BCUT2D eigenvalue weighted by atomic mass is 32.1. The fraction of sp³-hybridized carbons (Fsp3) is 0.526. The number of hydrogen-bond acceptors (Lipinski definition) is 6. The van der Waals surface area contributed by atoms with Gasteiger partial charge in [-0.3, -0.25) is 9.59 Å². The molecule has 0 aromatic carbocycles. The summed E-state index contributed by atoms with van der Waals surface area (Å²) in [4.78, 5) is 37.0. The Balaban J connectivity index is 1.93. The fourth-order valence-corrected chi connectivity index (χ4v) is 3.66. The van der Waals surface area contributed by atoms with Crippen molar-refractivity contribution in [2.24, 2.45) is 5.92 Å². The van der Waals surface area contributed by atoms with Gasteiger partial charge in [0.05, 0.1) is 18.6 Å². The van der Waals surface area contributed by atoms with E-state index in [-0.39, 0.29) is 31.5 Å². The molecule has 0 spiro atoms. The van der Waals surface area contributed by atoms with Crippen LogP contribution in [0.25, 0.3) is 0 Å². The molecule has 2 rings (SSSR count).